The Morgan fingerprint density at radius 1 is 1.20 bits per heavy atom. The van der Waals surface area contributed by atoms with Crippen LogP contribution in [0.3, 0.4) is 0 Å². The van der Waals surface area contributed by atoms with Crippen molar-refractivity contribution < 1.29 is 4.74 Å². The predicted octanol–water partition coefficient (Wildman–Crippen LogP) is 2.06. The van der Waals surface area contributed by atoms with Gasteiger partial charge in [0.2, 0.25) is 5.75 Å². The van der Waals surface area contributed by atoms with Crippen LogP contribution in [0.4, 0.5) is 11.6 Å². The SMILES string of the molecule is CCCNc1ncnc(NCC(C)(C)N(C)C)c1OC. The molecule has 0 bridgehead atoms. The van der Waals surface area contributed by atoms with Gasteiger partial charge in [-0.25, -0.2) is 9.97 Å². The van der Waals surface area contributed by atoms with Gasteiger partial charge in [-0.2, -0.15) is 0 Å². The van der Waals surface area contributed by atoms with Gasteiger partial charge in [0.1, 0.15) is 6.33 Å². The number of methoxy groups -OCH3 is 1. The molecule has 0 unspecified atom stereocenters. The normalized spacial score (nSPS) is 11.6. The van der Waals surface area contributed by atoms with Crippen molar-refractivity contribution in [2.75, 3.05) is 44.9 Å². The van der Waals surface area contributed by atoms with E-state index < -0.39 is 0 Å². The lowest BCUT2D eigenvalue weighted by Gasteiger charge is -2.33. The summed E-state index contributed by atoms with van der Waals surface area (Å²) in [5, 5.41) is 6.59. The molecule has 114 valence electrons. The zero-order valence-corrected chi connectivity index (χ0v) is 13.4. The molecular formula is C14H27N5O. The summed E-state index contributed by atoms with van der Waals surface area (Å²) in [5.41, 5.74) is 0.0208. The van der Waals surface area contributed by atoms with E-state index in [-0.39, 0.29) is 5.54 Å². The van der Waals surface area contributed by atoms with Crippen LogP contribution < -0.4 is 15.4 Å². The Labute approximate surface area is 121 Å². The Morgan fingerprint density at radius 2 is 1.80 bits per heavy atom. The van der Waals surface area contributed by atoms with E-state index in [4.69, 9.17) is 4.74 Å². The first-order valence-electron chi connectivity index (χ1n) is 6.96. The van der Waals surface area contributed by atoms with Gasteiger partial charge in [0, 0.05) is 18.6 Å². The molecule has 1 heterocycles. The molecule has 20 heavy (non-hydrogen) atoms. The molecule has 0 spiro atoms. The molecule has 0 saturated heterocycles. The first kappa shape index (κ1) is 16.5. The fourth-order valence-corrected chi connectivity index (χ4v) is 1.52. The molecule has 0 atom stereocenters. The number of ether oxygens (including phenoxy) is 1. The minimum Gasteiger partial charge on any atom is -0.490 e. The third-order valence-electron chi connectivity index (χ3n) is 3.45. The van der Waals surface area contributed by atoms with Gasteiger partial charge in [-0.3, -0.25) is 0 Å². The lowest BCUT2D eigenvalue weighted by molar-refractivity contribution is 0.209. The van der Waals surface area contributed by atoms with E-state index in [0.29, 0.717) is 5.75 Å². The molecule has 0 aliphatic rings. The molecule has 6 nitrogen and oxygen atoms in total. The molecule has 0 saturated carbocycles. The van der Waals surface area contributed by atoms with Crippen molar-refractivity contribution in [3.63, 3.8) is 0 Å². The second-order valence-corrected chi connectivity index (χ2v) is 5.59. The number of hydrogen-bond acceptors (Lipinski definition) is 6. The molecule has 2 N–H and O–H groups in total. The zero-order chi connectivity index (χ0) is 15.2. The summed E-state index contributed by atoms with van der Waals surface area (Å²) in [7, 11) is 5.76. The lowest BCUT2D eigenvalue weighted by Crippen LogP contribution is -2.44. The smallest absolute Gasteiger partial charge is 0.204 e. The van der Waals surface area contributed by atoms with Crippen LogP contribution in [-0.4, -0.2) is 54.7 Å². The number of rotatable bonds is 8. The first-order chi connectivity index (χ1) is 9.42. The van der Waals surface area contributed by atoms with Gasteiger partial charge in [-0.15, -0.1) is 0 Å². The Hall–Kier alpha value is -1.56. The fraction of sp³-hybridized carbons (Fsp3) is 0.714. The van der Waals surface area contributed by atoms with Crippen LogP contribution in [-0.2, 0) is 0 Å². The van der Waals surface area contributed by atoms with Crippen molar-refractivity contribution in [3.05, 3.63) is 6.33 Å². The number of anilines is 2. The van der Waals surface area contributed by atoms with E-state index in [1.54, 1.807) is 13.4 Å². The molecule has 6 heteroatoms. The highest BCUT2D eigenvalue weighted by Gasteiger charge is 2.21. The number of aromatic nitrogens is 2. The summed E-state index contributed by atoms with van der Waals surface area (Å²) in [5.74, 6) is 2.11. The highest BCUT2D eigenvalue weighted by molar-refractivity contribution is 5.63. The second-order valence-electron chi connectivity index (χ2n) is 5.59. The summed E-state index contributed by atoms with van der Waals surface area (Å²) in [6, 6.07) is 0. The predicted molar refractivity (Wildman–Crippen MR) is 83.6 cm³/mol. The number of nitrogens with one attached hydrogen (secondary N) is 2. The van der Waals surface area contributed by atoms with Crippen molar-refractivity contribution >= 4 is 11.6 Å². The van der Waals surface area contributed by atoms with Crippen LogP contribution in [0.15, 0.2) is 6.33 Å². The molecule has 0 amide bonds. The topological polar surface area (TPSA) is 62.3 Å². The summed E-state index contributed by atoms with van der Waals surface area (Å²) in [6.07, 6.45) is 2.58. The maximum Gasteiger partial charge on any atom is 0.204 e. The fourth-order valence-electron chi connectivity index (χ4n) is 1.52. The molecule has 1 aromatic rings. The van der Waals surface area contributed by atoms with Gasteiger partial charge in [0.05, 0.1) is 7.11 Å². The molecule has 1 rings (SSSR count). The van der Waals surface area contributed by atoms with E-state index in [9.17, 15) is 0 Å². The molecule has 0 aliphatic carbocycles. The van der Waals surface area contributed by atoms with Crippen molar-refractivity contribution in [2.45, 2.75) is 32.7 Å². The minimum absolute atomic E-state index is 0.0208. The largest absolute Gasteiger partial charge is 0.490 e. The Balaban J connectivity index is 2.84. The average molecular weight is 281 g/mol. The second kappa shape index (κ2) is 7.28. The van der Waals surface area contributed by atoms with E-state index >= 15 is 0 Å². The maximum atomic E-state index is 5.44. The van der Waals surface area contributed by atoms with E-state index in [1.165, 1.54) is 0 Å². The van der Waals surface area contributed by atoms with E-state index in [0.717, 1.165) is 31.1 Å². The van der Waals surface area contributed by atoms with Gasteiger partial charge in [0.25, 0.3) is 0 Å². The van der Waals surface area contributed by atoms with Crippen LogP contribution in [0.25, 0.3) is 0 Å². The molecule has 0 aliphatic heterocycles. The highest BCUT2D eigenvalue weighted by atomic mass is 16.5. The Morgan fingerprint density at radius 3 is 2.30 bits per heavy atom. The summed E-state index contributed by atoms with van der Waals surface area (Å²) < 4.78 is 5.44. The number of nitrogens with zero attached hydrogens (tertiary/aromatic N) is 3. The molecule has 0 fully saturated rings. The Bertz CT molecular complexity index is 420. The van der Waals surface area contributed by atoms with Crippen molar-refractivity contribution in [3.8, 4) is 5.75 Å². The number of hydrogen-bond donors (Lipinski definition) is 2. The van der Waals surface area contributed by atoms with Crippen molar-refractivity contribution in [1.29, 1.82) is 0 Å². The summed E-state index contributed by atoms with van der Waals surface area (Å²) >= 11 is 0. The molecule has 1 aromatic heterocycles. The molecule has 0 radical (unpaired) electrons. The van der Waals surface area contributed by atoms with Gasteiger partial charge in [-0.1, -0.05) is 6.92 Å². The third-order valence-corrected chi connectivity index (χ3v) is 3.45. The minimum atomic E-state index is 0.0208. The molecular weight excluding hydrogens is 254 g/mol. The van der Waals surface area contributed by atoms with Crippen LogP contribution in [0.1, 0.15) is 27.2 Å². The van der Waals surface area contributed by atoms with Gasteiger partial charge < -0.3 is 20.3 Å². The maximum absolute atomic E-state index is 5.44. The van der Waals surface area contributed by atoms with Crippen LogP contribution in [0, 0.1) is 0 Å². The quantitative estimate of drug-likeness (QED) is 0.760. The average Bonchev–Trinajstić information content (AvgIpc) is 2.42. The van der Waals surface area contributed by atoms with Gasteiger partial charge >= 0.3 is 0 Å². The third kappa shape index (κ3) is 4.23. The van der Waals surface area contributed by atoms with Crippen LogP contribution >= 0.6 is 0 Å². The van der Waals surface area contributed by atoms with Crippen LogP contribution in [0.2, 0.25) is 0 Å². The monoisotopic (exact) mass is 281 g/mol. The summed E-state index contributed by atoms with van der Waals surface area (Å²) in [6.45, 7) is 8.07. The molecule has 0 aromatic carbocycles. The lowest BCUT2D eigenvalue weighted by atomic mass is 10.0. The van der Waals surface area contributed by atoms with E-state index in [2.05, 4.69) is 60.4 Å². The standard InChI is InChI=1S/C14H27N5O/c1-7-8-15-12-11(20-6)13(18-10-17-12)16-9-14(2,3)19(4)5/h10H,7-9H2,1-6H3,(H2,15,16,17,18). The van der Waals surface area contributed by atoms with E-state index in [1.807, 2.05) is 0 Å². The highest BCUT2D eigenvalue weighted by Crippen LogP contribution is 2.29. The van der Waals surface area contributed by atoms with Crippen molar-refractivity contribution in [1.82, 2.24) is 14.9 Å². The first-order valence-corrected chi connectivity index (χ1v) is 6.96. The van der Waals surface area contributed by atoms with Gasteiger partial charge in [0.15, 0.2) is 11.6 Å². The van der Waals surface area contributed by atoms with Gasteiger partial charge in [-0.05, 0) is 34.4 Å². The van der Waals surface area contributed by atoms with Crippen LogP contribution in [0.5, 0.6) is 5.75 Å². The van der Waals surface area contributed by atoms with Crippen molar-refractivity contribution in [2.24, 2.45) is 0 Å². The zero-order valence-electron chi connectivity index (χ0n) is 13.4. The number of likely N-dealkylation sites (N-methyl/N-ethyl adjacent to an activating group) is 1. The summed E-state index contributed by atoms with van der Waals surface area (Å²) in [4.78, 5) is 10.7. The Kier molecular flexibility index (Phi) is 6.01.